The van der Waals surface area contributed by atoms with Crippen LogP contribution >= 0.6 is 0 Å². The molecule has 6 heteroatoms. The van der Waals surface area contributed by atoms with Crippen LogP contribution in [0.4, 0.5) is 4.39 Å². The van der Waals surface area contributed by atoms with Crippen LogP contribution in [-0.4, -0.2) is 18.4 Å². The fraction of sp³-hybridized carbons (Fsp3) is 0.222. The van der Waals surface area contributed by atoms with Gasteiger partial charge in [0.05, 0.1) is 19.4 Å². The van der Waals surface area contributed by atoms with Gasteiger partial charge in [0.2, 0.25) is 11.8 Å². The Morgan fingerprint density at radius 2 is 1.58 bits per heavy atom. The van der Waals surface area contributed by atoms with E-state index in [1.807, 2.05) is 31.2 Å². The zero-order valence-electron chi connectivity index (χ0n) is 13.3. The van der Waals surface area contributed by atoms with Gasteiger partial charge in [0.25, 0.3) is 0 Å². The molecule has 2 aromatic rings. The van der Waals surface area contributed by atoms with Gasteiger partial charge in [0.1, 0.15) is 11.6 Å². The molecule has 126 valence electrons. The molecule has 0 unspecified atom stereocenters. The van der Waals surface area contributed by atoms with Gasteiger partial charge in [0, 0.05) is 0 Å². The third kappa shape index (κ3) is 6.08. The lowest BCUT2D eigenvalue weighted by molar-refractivity contribution is -0.128. The lowest BCUT2D eigenvalue weighted by Crippen LogP contribution is -2.42. The third-order valence-electron chi connectivity index (χ3n) is 3.24. The third-order valence-corrected chi connectivity index (χ3v) is 3.24. The van der Waals surface area contributed by atoms with Crippen LogP contribution in [0.15, 0.2) is 48.5 Å². The Balaban J connectivity index is 1.64. The molecule has 0 aliphatic rings. The number of aryl methyl sites for hydroxylation is 1. The number of rotatable bonds is 6. The summed E-state index contributed by atoms with van der Waals surface area (Å²) >= 11 is 0. The standard InChI is InChI=1S/C18H19FN2O3/c1-13-2-8-16(9-3-13)24-11-10-17(22)20-21-18(23)12-14-4-6-15(19)7-5-14/h2-9H,10-12H2,1H3,(H,20,22)(H,21,23). The molecule has 2 amide bonds. The van der Waals surface area contributed by atoms with E-state index < -0.39 is 0 Å². The van der Waals surface area contributed by atoms with E-state index in [1.165, 1.54) is 24.3 Å². The first-order valence-corrected chi connectivity index (χ1v) is 7.54. The maximum Gasteiger partial charge on any atom is 0.242 e. The number of hydrazine groups is 1. The first kappa shape index (κ1) is 17.5. The van der Waals surface area contributed by atoms with Gasteiger partial charge in [-0.3, -0.25) is 20.4 Å². The fourth-order valence-electron chi connectivity index (χ4n) is 1.93. The normalized spacial score (nSPS) is 10.1. The van der Waals surface area contributed by atoms with Crippen LogP contribution in [0.5, 0.6) is 5.75 Å². The molecule has 0 aromatic heterocycles. The summed E-state index contributed by atoms with van der Waals surface area (Å²) in [5, 5.41) is 0. The lowest BCUT2D eigenvalue weighted by atomic mass is 10.1. The first-order chi connectivity index (χ1) is 11.5. The van der Waals surface area contributed by atoms with E-state index in [0.717, 1.165) is 5.56 Å². The summed E-state index contributed by atoms with van der Waals surface area (Å²) < 4.78 is 18.2. The van der Waals surface area contributed by atoms with Crippen molar-refractivity contribution in [3.8, 4) is 5.75 Å². The van der Waals surface area contributed by atoms with Crippen molar-refractivity contribution < 1.29 is 18.7 Å². The Labute approximate surface area is 139 Å². The summed E-state index contributed by atoms with van der Waals surface area (Å²) in [4.78, 5) is 23.3. The average Bonchev–Trinajstić information content (AvgIpc) is 2.57. The van der Waals surface area contributed by atoms with Crippen LogP contribution in [0.1, 0.15) is 17.5 Å². The minimum atomic E-state index is -0.380. The van der Waals surface area contributed by atoms with E-state index in [2.05, 4.69) is 10.9 Å². The summed E-state index contributed by atoms with van der Waals surface area (Å²) in [5.74, 6) is -0.404. The molecule has 0 heterocycles. The highest BCUT2D eigenvalue weighted by Gasteiger charge is 2.06. The van der Waals surface area contributed by atoms with Crippen LogP contribution in [0, 0.1) is 12.7 Å². The molecule has 2 aromatic carbocycles. The molecule has 0 bridgehead atoms. The van der Waals surface area contributed by atoms with Crippen molar-refractivity contribution in [1.82, 2.24) is 10.9 Å². The van der Waals surface area contributed by atoms with Crippen LogP contribution < -0.4 is 15.6 Å². The fourth-order valence-corrected chi connectivity index (χ4v) is 1.93. The van der Waals surface area contributed by atoms with Gasteiger partial charge in [0.15, 0.2) is 0 Å². The summed E-state index contributed by atoms with van der Waals surface area (Å²) in [5.41, 5.74) is 6.42. The monoisotopic (exact) mass is 330 g/mol. The van der Waals surface area contributed by atoms with Crippen molar-refractivity contribution >= 4 is 11.8 Å². The number of nitrogens with one attached hydrogen (secondary N) is 2. The zero-order valence-corrected chi connectivity index (χ0v) is 13.3. The minimum absolute atomic E-state index is 0.0560. The molecule has 5 nitrogen and oxygen atoms in total. The van der Waals surface area contributed by atoms with Crippen molar-refractivity contribution in [3.05, 3.63) is 65.5 Å². The number of carbonyl (C=O) groups is 2. The molecule has 0 saturated heterocycles. The highest BCUT2D eigenvalue weighted by atomic mass is 19.1. The predicted octanol–water partition coefficient (Wildman–Crippen LogP) is 2.29. The summed E-state index contributed by atoms with van der Waals surface area (Å²) in [6, 6.07) is 13.1. The smallest absolute Gasteiger partial charge is 0.242 e. The van der Waals surface area contributed by atoms with Crippen LogP contribution in [-0.2, 0) is 16.0 Å². The number of hydrogen-bond acceptors (Lipinski definition) is 3. The van der Waals surface area contributed by atoms with E-state index in [0.29, 0.717) is 11.3 Å². The Kier molecular flexibility index (Phi) is 6.31. The van der Waals surface area contributed by atoms with Crippen molar-refractivity contribution in [2.75, 3.05) is 6.61 Å². The minimum Gasteiger partial charge on any atom is -0.493 e. The van der Waals surface area contributed by atoms with Gasteiger partial charge >= 0.3 is 0 Å². The van der Waals surface area contributed by atoms with E-state index in [9.17, 15) is 14.0 Å². The average molecular weight is 330 g/mol. The van der Waals surface area contributed by atoms with Crippen molar-refractivity contribution in [2.24, 2.45) is 0 Å². The summed E-state index contributed by atoms with van der Waals surface area (Å²) in [6.45, 7) is 2.19. The topological polar surface area (TPSA) is 67.4 Å². The second-order valence-corrected chi connectivity index (χ2v) is 5.31. The molecule has 24 heavy (non-hydrogen) atoms. The molecule has 2 N–H and O–H groups in total. The number of ether oxygens (including phenoxy) is 1. The van der Waals surface area contributed by atoms with Gasteiger partial charge in [-0.25, -0.2) is 4.39 Å². The van der Waals surface area contributed by atoms with Crippen LogP contribution in [0.2, 0.25) is 0 Å². The summed E-state index contributed by atoms with van der Waals surface area (Å²) in [6.07, 6.45) is 0.172. The van der Waals surface area contributed by atoms with Crippen molar-refractivity contribution in [1.29, 1.82) is 0 Å². The number of benzene rings is 2. The van der Waals surface area contributed by atoms with Crippen LogP contribution in [0.25, 0.3) is 0 Å². The highest BCUT2D eigenvalue weighted by Crippen LogP contribution is 2.11. The summed E-state index contributed by atoms with van der Waals surface area (Å²) in [7, 11) is 0. The maximum atomic E-state index is 12.8. The van der Waals surface area contributed by atoms with Gasteiger partial charge in [-0.05, 0) is 36.8 Å². The zero-order chi connectivity index (χ0) is 17.4. The van der Waals surface area contributed by atoms with Gasteiger partial charge in [-0.2, -0.15) is 0 Å². The molecule has 2 rings (SSSR count). The molecule has 0 atom stereocenters. The Bertz CT molecular complexity index is 684. The van der Waals surface area contributed by atoms with Crippen molar-refractivity contribution in [2.45, 2.75) is 19.8 Å². The molecule has 0 radical (unpaired) electrons. The Hall–Kier alpha value is -2.89. The molecule has 0 saturated carbocycles. The predicted molar refractivity (Wildman–Crippen MR) is 87.7 cm³/mol. The van der Waals surface area contributed by atoms with E-state index in [4.69, 9.17) is 4.74 Å². The largest absolute Gasteiger partial charge is 0.493 e. The lowest BCUT2D eigenvalue weighted by Gasteiger charge is -2.09. The second-order valence-electron chi connectivity index (χ2n) is 5.31. The highest BCUT2D eigenvalue weighted by molar-refractivity contribution is 5.83. The SMILES string of the molecule is Cc1ccc(OCCC(=O)NNC(=O)Cc2ccc(F)cc2)cc1. The number of hydrogen-bond donors (Lipinski definition) is 2. The van der Waals surface area contributed by atoms with Crippen molar-refractivity contribution in [3.63, 3.8) is 0 Å². The molecule has 0 fully saturated rings. The Morgan fingerprint density at radius 1 is 0.958 bits per heavy atom. The van der Waals surface area contributed by atoms with Gasteiger partial charge in [-0.15, -0.1) is 0 Å². The van der Waals surface area contributed by atoms with E-state index in [1.54, 1.807) is 0 Å². The quantitative estimate of drug-likeness (QED) is 0.799. The van der Waals surface area contributed by atoms with Gasteiger partial charge < -0.3 is 4.74 Å². The molecular formula is C18H19FN2O3. The van der Waals surface area contributed by atoms with E-state index in [-0.39, 0.29) is 37.1 Å². The second kappa shape index (κ2) is 8.67. The number of amides is 2. The first-order valence-electron chi connectivity index (χ1n) is 7.54. The maximum absolute atomic E-state index is 12.8. The Morgan fingerprint density at radius 3 is 2.25 bits per heavy atom. The molecule has 0 aliphatic carbocycles. The molecule has 0 aliphatic heterocycles. The molecule has 0 spiro atoms. The molecular weight excluding hydrogens is 311 g/mol. The van der Waals surface area contributed by atoms with Gasteiger partial charge in [-0.1, -0.05) is 29.8 Å². The van der Waals surface area contributed by atoms with Crippen LogP contribution in [0.3, 0.4) is 0 Å². The van der Waals surface area contributed by atoms with E-state index >= 15 is 0 Å². The number of halogens is 1. The number of carbonyl (C=O) groups excluding carboxylic acids is 2.